The Morgan fingerprint density at radius 1 is 1.12 bits per heavy atom. The van der Waals surface area contributed by atoms with Crippen LogP contribution in [-0.4, -0.2) is 33.2 Å². The molecule has 0 aromatic heterocycles. The predicted octanol–water partition coefficient (Wildman–Crippen LogP) is 0.848. The normalized spacial score (nSPS) is 13.4. The molecule has 5 nitrogen and oxygen atoms in total. The first-order valence-corrected chi connectivity index (χ1v) is 5.11. The number of hydrogen-bond acceptors (Lipinski definition) is 4. The second-order valence-corrected chi connectivity index (χ2v) is 3.46. The summed E-state index contributed by atoms with van der Waals surface area (Å²) in [5.74, 6) is -2.93. The van der Waals surface area contributed by atoms with Crippen molar-refractivity contribution in [3.63, 3.8) is 0 Å². The van der Waals surface area contributed by atoms with E-state index in [0.29, 0.717) is 5.56 Å². The van der Waals surface area contributed by atoms with E-state index in [4.69, 9.17) is 19.9 Å². The molecular formula is C12H17NO4. The highest BCUT2D eigenvalue weighted by Gasteiger charge is 2.45. The Morgan fingerprint density at radius 2 is 1.59 bits per heavy atom. The molecule has 0 saturated carbocycles. The van der Waals surface area contributed by atoms with Gasteiger partial charge in [0, 0.05) is 21.3 Å². The van der Waals surface area contributed by atoms with Crippen LogP contribution in [0.4, 0.5) is 0 Å². The van der Waals surface area contributed by atoms with Crippen LogP contribution in [0.25, 0.3) is 0 Å². The topological polar surface area (TPSA) is 70.8 Å². The Bertz CT molecular complexity index is 354. The first kappa shape index (κ1) is 13.6. The summed E-state index contributed by atoms with van der Waals surface area (Å²) < 4.78 is 15.5. The Labute approximate surface area is 100 Å². The third-order valence-corrected chi connectivity index (χ3v) is 2.62. The van der Waals surface area contributed by atoms with Crippen LogP contribution >= 0.6 is 0 Å². The van der Waals surface area contributed by atoms with Crippen LogP contribution in [0.15, 0.2) is 30.3 Å². The van der Waals surface area contributed by atoms with Gasteiger partial charge in [0.15, 0.2) is 0 Å². The lowest BCUT2D eigenvalue weighted by molar-refractivity contribution is -0.358. The second kappa shape index (κ2) is 5.77. The fraction of sp³-hybridized carbons (Fsp3) is 0.417. The van der Waals surface area contributed by atoms with E-state index in [0.717, 1.165) is 0 Å². The highest BCUT2D eigenvalue weighted by Crippen LogP contribution is 2.32. The maximum absolute atomic E-state index is 11.6. The zero-order chi connectivity index (χ0) is 12.9. The molecule has 0 saturated heterocycles. The molecule has 0 aliphatic heterocycles. The van der Waals surface area contributed by atoms with Crippen molar-refractivity contribution in [3.05, 3.63) is 35.9 Å². The molecule has 1 aromatic carbocycles. The average Bonchev–Trinajstić information content (AvgIpc) is 2.36. The van der Waals surface area contributed by atoms with Crippen molar-refractivity contribution in [2.75, 3.05) is 21.3 Å². The summed E-state index contributed by atoms with van der Waals surface area (Å²) in [6, 6.07) is 8.98. The van der Waals surface area contributed by atoms with E-state index in [1.54, 1.807) is 24.3 Å². The summed E-state index contributed by atoms with van der Waals surface area (Å²) in [5, 5.41) is 0. The molecule has 2 N–H and O–H groups in total. The van der Waals surface area contributed by atoms with E-state index in [-0.39, 0.29) is 0 Å². The van der Waals surface area contributed by atoms with Gasteiger partial charge in [0.05, 0.1) is 0 Å². The minimum atomic E-state index is -1.51. The molecule has 0 spiro atoms. The summed E-state index contributed by atoms with van der Waals surface area (Å²) in [5.41, 5.74) is 6.07. The van der Waals surface area contributed by atoms with Gasteiger partial charge in [-0.15, -0.1) is 0 Å². The van der Waals surface area contributed by atoms with E-state index in [1.807, 2.05) is 6.07 Å². The van der Waals surface area contributed by atoms with Gasteiger partial charge >= 0.3 is 0 Å². The number of primary amides is 1. The van der Waals surface area contributed by atoms with E-state index in [9.17, 15) is 4.79 Å². The molecule has 1 amide bonds. The van der Waals surface area contributed by atoms with Crippen LogP contribution in [0.1, 0.15) is 11.5 Å². The molecule has 17 heavy (non-hydrogen) atoms. The van der Waals surface area contributed by atoms with Crippen LogP contribution in [0, 0.1) is 0 Å². The number of hydrogen-bond donors (Lipinski definition) is 1. The first-order chi connectivity index (χ1) is 8.11. The zero-order valence-electron chi connectivity index (χ0n) is 10.2. The van der Waals surface area contributed by atoms with Crippen molar-refractivity contribution < 1.29 is 19.0 Å². The van der Waals surface area contributed by atoms with E-state index in [2.05, 4.69) is 0 Å². The van der Waals surface area contributed by atoms with Gasteiger partial charge in [0.25, 0.3) is 5.97 Å². The quantitative estimate of drug-likeness (QED) is 0.747. The molecule has 0 bridgehead atoms. The molecule has 0 fully saturated rings. The molecule has 5 heteroatoms. The highest BCUT2D eigenvalue weighted by atomic mass is 16.9. The fourth-order valence-corrected chi connectivity index (χ4v) is 1.79. The van der Waals surface area contributed by atoms with Crippen molar-refractivity contribution in [1.82, 2.24) is 0 Å². The summed E-state index contributed by atoms with van der Waals surface area (Å²) in [6.45, 7) is 0. The van der Waals surface area contributed by atoms with Crippen molar-refractivity contribution in [3.8, 4) is 0 Å². The van der Waals surface area contributed by atoms with Gasteiger partial charge in [-0.05, 0) is 5.56 Å². The van der Waals surface area contributed by atoms with Gasteiger partial charge in [-0.1, -0.05) is 30.3 Å². The molecule has 1 unspecified atom stereocenters. The zero-order valence-corrected chi connectivity index (χ0v) is 10.2. The summed E-state index contributed by atoms with van der Waals surface area (Å²) in [7, 11) is 4.18. The van der Waals surface area contributed by atoms with E-state index < -0.39 is 17.8 Å². The van der Waals surface area contributed by atoms with Crippen molar-refractivity contribution in [2.45, 2.75) is 11.9 Å². The monoisotopic (exact) mass is 239 g/mol. The van der Waals surface area contributed by atoms with E-state index in [1.165, 1.54) is 21.3 Å². The van der Waals surface area contributed by atoms with Crippen LogP contribution in [0.5, 0.6) is 0 Å². The molecule has 0 heterocycles. The Kier molecular flexibility index (Phi) is 4.62. The number of carbonyl (C=O) groups is 1. The Balaban J connectivity index is 3.21. The maximum Gasteiger partial charge on any atom is 0.298 e. The number of benzene rings is 1. The summed E-state index contributed by atoms with van der Waals surface area (Å²) in [4.78, 5) is 11.6. The second-order valence-electron chi connectivity index (χ2n) is 3.46. The molecule has 94 valence electrons. The number of nitrogens with two attached hydrogens (primary N) is 1. The summed E-state index contributed by atoms with van der Waals surface area (Å²) in [6.07, 6.45) is 0. The number of ether oxygens (including phenoxy) is 3. The molecule has 1 aromatic rings. The van der Waals surface area contributed by atoms with Crippen LogP contribution in [0.2, 0.25) is 0 Å². The van der Waals surface area contributed by atoms with Crippen LogP contribution < -0.4 is 5.73 Å². The minimum absolute atomic E-state index is 0.582. The molecular weight excluding hydrogens is 222 g/mol. The van der Waals surface area contributed by atoms with Gasteiger partial charge in [-0.2, -0.15) is 0 Å². The van der Waals surface area contributed by atoms with Crippen molar-refractivity contribution in [2.24, 2.45) is 5.73 Å². The number of carbonyl (C=O) groups excluding carboxylic acids is 1. The third kappa shape index (κ3) is 2.63. The highest BCUT2D eigenvalue weighted by molar-refractivity contribution is 5.82. The lowest BCUT2D eigenvalue weighted by Gasteiger charge is -2.34. The SMILES string of the molecule is COC(OC)(OC)C(C(N)=O)c1ccccc1. The third-order valence-electron chi connectivity index (χ3n) is 2.62. The standard InChI is InChI=1S/C12H17NO4/c1-15-12(16-2,17-3)10(11(13)14)9-7-5-4-6-8-9/h4-8,10H,1-3H3,(H2,13,14). The molecule has 1 rings (SSSR count). The maximum atomic E-state index is 11.6. The number of methoxy groups -OCH3 is 3. The molecule has 0 aliphatic rings. The molecule has 0 aliphatic carbocycles. The van der Waals surface area contributed by atoms with Gasteiger partial charge in [-0.25, -0.2) is 0 Å². The lowest BCUT2D eigenvalue weighted by atomic mass is 9.95. The smallest absolute Gasteiger partial charge is 0.298 e. The van der Waals surface area contributed by atoms with Gasteiger partial charge < -0.3 is 19.9 Å². The minimum Gasteiger partial charge on any atom is -0.369 e. The number of amides is 1. The average molecular weight is 239 g/mol. The van der Waals surface area contributed by atoms with Gasteiger partial charge in [-0.3, -0.25) is 4.79 Å². The van der Waals surface area contributed by atoms with Crippen molar-refractivity contribution in [1.29, 1.82) is 0 Å². The number of rotatable bonds is 6. The van der Waals surface area contributed by atoms with Crippen LogP contribution in [0.3, 0.4) is 0 Å². The first-order valence-electron chi connectivity index (χ1n) is 5.11. The molecule has 0 radical (unpaired) electrons. The Morgan fingerprint density at radius 3 is 1.94 bits per heavy atom. The molecule has 1 atom stereocenters. The van der Waals surface area contributed by atoms with Gasteiger partial charge in [0.1, 0.15) is 5.92 Å². The van der Waals surface area contributed by atoms with E-state index >= 15 is 0 Å². The lowest BCUT2D eigenvalue weighted by Crippen LogP contribution is -2.48. The Hall–Kier alpha value is -1.43. The largest absolute Gasteiger partial charge is 0.369 e. The predicted molar refractivity (Wildman–Crippen MR) is 62.1 cm³/mol. The summed E-state index contributed by atoms with van der Waals surface area (Å²) >= 11 is 0. The van der Waals surface area contributed by atoms with Crippen molar-refractivity contribution >= 4 is 5.91 Å². The fourth-order valence-electron chi connectivity index (χ4n) is 1.79. The van der Waals surface area contributed by atoms with Gasteiger partial charge in [0.2, 0.25) is 5.91 Å². The van der Waals surface area contributed by atoms with Crippen LogP contribution in [-0.2, 0) is 19.0 Å².